The minimum atomic E-state index is -0.560. The molecule has 2 fully saturated rings. The molecule has 7 heteroatoms. The summed E-state index contributed by atoms with van der Waals surface area (Å²) in [4.78, 5) is 45.2. The van der Waals surface area contributed by atoms with Crippen molar-refractivity contribution in [2.75, 3.05) is 13.1 Å². The maximum Gasteiger partial charge on any atom is 0.255 e. The summed E-state index contributed by atoms with van der Waals surface area (Å²) in [6.07, 6.45) is 4.84. The van der Waals surface area contributed by atoms with E-state index in [4.69, 9.17) is 0 Å². The number of hydrogen-bond donors (Lipinski definition) is 1. The van der Waals surface area contributed by atoms with E-state index in [1.54, 1.807) is 4.90 Å². The van der Waals surface area contributed by atoms with Gasteiger partial charge in [0.25, 0.3) is 5.91 Å². The van der Waals surface area contributed by atoms with Crippen molar-refractivity contribution in [3.05, 3.63) is 69.8 Å². The monoisotopic (exact) mass is 456 g/mol. The van der Waals surface area contributed by atoms with Gasteiger partial charge in [0.1, 0.15) is 6.04 Å². The zero-order chi connectivity index (χ0) is 23.2. The summed E-state index contributed by atoms with van der Waals surface area (Å²) >= 11 is 0. The molecule has 6 rings (SSSR count). The zero-order valence-corrected chi connectivity index (χ0v) is 19.1. The predicted octanol–water partition coefficient (Wildman–Crippen LogP) is 2.76. The van der Waals surface area contributed by atoms with Crippen molar-refractivity contribution in [2.24, 2.45) is 4.99 Å². The van der Waals surface area contributed by atoms with E-state index in [2.05, 4.69) is 45.5 Å². The number of nitrogens with zero attached hydrogens (tertiary/aromatic N) is 3. The number of fused-ring (bicyclic) bond motifs is 2. The van der Waals surface area contributed by atoms with E-state index in [0.29, 0.717) is 24.4 Å². The van der Waals surface area contributed by atoms with Crippen LogP contribution >= 0.6 is 0 Å². The number of amides is 3. The second-order valence-corrected chi connectivity index (χ2v) is 9.87. The summed E-state index contributed by atoms with van der Waals surface area (Å²) in [7, 11) is 0. The predicted molar refractivity (Wildman–Crippen MR) is 127 cm³/mol. The molecule has 3 amide bonds. The van der Waals surface area contributed by atoms with Crippen LogP contribution in [0.25, 0.3) is 0 Å². The summed E-state index contributed by atoms with van der Waals surface area (Å²) in [6.45, 7) is 4.31. The van der Waals surface area contributed by atoms with E-state index in [0.717, 1.165) is 44.6 Å². The Labute approximate surface area is 198 Å². The Morgan fingerprint density at radius 2 is 1.82 bits per heavy atom. The van der Waals surface area contributed by atoms with Gasteiger partial charge in [-0.3, -0.25) is 29.6 Å². The van der Waals surface area contributed by atoms with Gasteiger partial charge in [-0.05, 0) is 78.2 Å². The lowest BCUT2D eigenvalue weighted by Gasteiger charge is -2.32. The molecule has 174 valence electrons. The van der Waals surface area contributed by atoms with Crippen LogP contribution in [0.2, 0.25) is 0 Å². The average Bonchev–Trinajstić information content (AvgIpc) is 3.43. The first kappa shape index (κ1) is 21.2. The van der Waals surface area contributed by atoms with Crippen LogP contribution in [0.5, 0.6) is 0 Å². The number of carbonyl (C=O) groups excluding carboxylic acids is 3. The first-order chi connectivity index (χ1) is 16.5. The van der Waals surface area contributed by atoms with Crippen LogP contribution in [0.15, 0.2) is 41.4 Å². The average molecular weight is 457 g/mol. The molecular formula is C27H28N4O3. The molecule has 7 nitrogen and oxygen atoms in total. The lowest BCUT2D eigenvalue weighted by atomic mass is 9.87. The molecule has 1 atom stereocenters. The van der Waals surface area contributed by atoms with Crippen molar-refractivity contribution in [2.45, 2.75) is 57.3 Å². The number of benzene rings is 2. The van der Waals surface area contributed by atoms with Gasteiger partial charge >= 0.3 is 0 Å². The number of aliphatic imine (C=N–C) groups is 1. The molecule has 0 saturated carbocycles. The van der Waals surface area contributed by atoms with Gasteiger partial charge in [-0.1, -0.05) is 24.3 Å². The quantitative estimate of drug-likeness (QED) is 0.718. The molecule has 4 aliphatic rings. The molecule has 0 aromatic heterocycles. The van der Waals surface area contributed by atoms with Gasteiger partial charge in [0.15, 0.2) is 0 Å². The Balaban J connectivity index is 1.09. The highest BCUT2D eigenvalue weighted by Gasteiger charge is 2.39. The molecule has 4 heterocycles. The van der Waals surface area contributed by atoms with E-state index in [9.17, 15) is 14.4 Å². The topological polar surface area (TPSA) is 82.1 Å². The summed E-state index contributed by atoms with van der Waals surface area (Å²) < 4.78 is 0. The Bertz CT molecular complexity index is 1210. The third-order valence-electron chi connectivity index (χ3n) is 7.72. The Kier molecular flexibility index (Phi) is 5.29. The van der Waals surface area contributed by atoms with Crippen LogP contribution in [0.1, 0.15) is 69.8 Å². The second kappa shape index (κ2) is 8.47. The normalized spacial score (nSPS) is 22.8. The van der Waals surface area contributed by atoms with Crippen molar-refractivity contribution in [3.63, 3.8) is 0 Å². The zero-order valence-electron chi connectivity index (χ0n) is 19.1. The van der Waals surface area contributed by atoms with E-state index in [1.165, 1.54) is 22.3 Å². The van der Waals surface area contributed by atoms with Gasteiger partial charge < -0.3 is 4.90 Å². The minimum absolute atomic E-state index is 0.106. The number of nitrogens with one attached hydrogen (secondary N) is 1. The maximum absolute atomic E-state index is 12.9. The molecular weight excluding hydrogens is 428 g/mol. The Morgan fingerprint density at radius 3 is 2.65 bits per heavy atom. The van der Waals surface area contributed by atoms with Gasteiger partial charge in [-0.25, -0.2) is 0 Å². The number of hydrogen-bond acceptors (Lipinski definition) is 5. The van der Waals surface area contributed by atoms with Gasteiger partial charge in [-0.15, -0.1) is 0 Å². The fraction of sp³-hybridized carbons (Fsp3) is 0.407. The maximum atomic E-state index is 12.9. The molecule has 1 N–H and O–H groups in total. The number of rotatable bonds is 4. The van der Waals surface area contributed by atoms with Gasteiger partial charge in [0.05, 0.1) is 6.54 Å². The van der Waals surface area contributed by atoms with Crippen LogP contribution in [0.3, 0.4) is 0 Å². The first-order valence-corrected chi connectivity index (χ1v) is 12.2. The molecule has 0 spiro atoms. The number of piperidine rings is 2. The van der Waals surface area contributed by atoms with E-state index in [1.807, 2.05) is 12.3 Å². The van der Waals surface area contributed by atoms with E-state index in [-0.39, 0.29) is 24.1 Å². The van der Waals surface area contributed by atoms with Crippen LogP contribution in [0, 0.1) is 0 Å². The Morgan fingerprint density at radius 1 is 0.971 bits per heavy atom. The molecule has 0 aliphatic carbocycles. The lowest BCUT2D eigenvalue weighted by Crippen LogP contribution is -2.52. The number of likely N-dealkylation sites (tertiary alicyclic amines) is 1. The molecule has 1 unspecified atom stereocenters. The first-order valence-electron chi connectivity index (χ1n) is 12.2. The van der Waals surface area contributed by atoms with Crippen molar-refractivity contribution in [1.29, 1.82) is 0 Å². The molecule has 0 radical (unpaired) electrons. The van der Waals surface area contributed by atoms with Crippen molar-refractivity contribution < 1.29 is 14.4 Å². The van der Waals surface area contributed by atoms with Gasteiger partial charge in [0.2, 0.25) is 11.8 Å². The highest BCUT2D eigenvalue weighted by Crippen LogP contribution is 2.34. The fourth-order valence-electron chi connectivity index (χ4n) is 5.78. The molecule has 2 saturated heterocycles. The van der Waals surface area contributed by atoms with Crippen LogP contribution in [-0.4, -0.2) is 52.9 Å². The van der Waals surface area contributed by atoms with E-state index >= 15 is 0 Å². The molecule has 2 aromatic carbocycles. The minimum Gasteiger partial charge on any atom is -0.322 e. The SMILES string of the molecule is O=C1CCC(N2Cc3cc(C4CCN(Cc5ccc6c(c5)C=NC6)CC4)ccc3C2=O)C(=O)N1. The third-order valence-corrected chi connectivity index (χ3v) is 7.72. The van der Waals surface area contributed by atoms with Crippen LogP contribution < -0.4 is 5.32 Å². The molecule has 2 aromatic rings. The molecule has 0 bridgehead atoms. The fourth-order valence-corrected chi connectivity index (χ4v) is 5.78. The van der Waals surface area contributed by atoms with Crippen molar-refractivity contribution in [3.8, 4) is 0 Å². The molecule has 34 heavy (non-hydrogen) atoms. The van der Waals surface area contributed by atoms with E-state index < -0.39 is 6.04 Å². The second-order valence-electron chi connectivity index (χ2n) is 9.87. The third kappa shape index (κ3) is 3.84. The smallest absolute Gasteiger partial charge is 0.255 e. The Hall–Kier alpha value is -3.32. The number of carbonyl (C=O) groups is 3. The highest BCUT2D eigenvalue weighted by atomic mass is 16.2. The van der Waals surface area contributed by atoms with Gasteiger partial charge in [0, 0.05) is 31.3 Å². The standard InChI is InChI=1S/C27H28N4O3/c32-25-6-5-24(26(33)29-25)31-16-22-12-19(3-4-23(22)27(31)34)18-7-9-30(10-8-18)15-17-1-2-20-13-28-14-21(20)11-17/h1-4,11-12,14,18,24H,5-10,13,15-16H2,(H,29,32,33). The largest absolute Gasteiger partial charge is 0.322 e. The summed E-state index contributed by atoms with van der Waals surface area (Å²) in [5.74, 6) is -0.247. The van der Waals surface area contributed by atoms with Crippen molar-refractivity contribution >= 4 is 23.9 Å². The van der Waals surface area contributed by atoms with Gasteiger partial charge in [-0.2, -0.15) is 0 Å². The van der Waals surface area contributed by atoms with Crippen LogP contribution in [-0.2, 0) is 29.2 Å². The summed E-state index contributed by atoms with van der Waals surface area (Å²) in [5.41, 5.74) is 6.88. The highest BCUT2D eigenvalue weighted by molar-refractivity contribution is 6.05. The van der Waals surface area contributed by atoms with Crippen LogP contribution in [0.4, 0.5) is 0 Å². The lowest BCUT2D eigenvalue weighted by molar-refractivity contribution is -0.136. The molecule has 4 aliphatic heterocycles. The summed E-state index contributed by atoms with van der Waals surface area (Å²) in [6, 6.07) is 12.3. The van der Waals surface area contributed by atoms with Crippen molar-refractivity contribution in [1.82, 2.24) is 15.1 Å². The summed E-state index contributed by atoms with van der Waals surface area (Å²) in [5, 5.41) is 2.37. The number of imide groups is 1.